The second kappa shape index (κ2) is 6.73. The van der Waals surface area contributed by atoms with E-state index in [0.717, 1.165) is 17.3 Å². The maximum Gasteiger partial charge on any atom is 0.263 e. The summed E-state index contributed by atoms with van der Waals surface area (Å²) in [5, 5.41) is 11.0. The van der Waals surface area contributed by atoms with Crippen LogP contribution in [0.25, 0.3) is 0 Å². The van der Waals surface area contributed by atoms with Crippen molar-refractivity contribution in [3.05, 3.63) is 63.6 Å². The number of carbonyl (C=O) groups is 2. The summed E-state index contributed by atoms with van der Waals surface area (Å²) in [6, 6.07) is 12.7. The van der Waals surface area contributed by atoms with Crippen LogP contribution in [0.3, 0.4) is 0 Å². The molecule has 0 fully saturated rings. The van der Waals surface area contributed by atoms with Gasteiger partial charge in [0.15, 0.2) is 11.4 Å². The van der Waals surface area contributed by atoms with Gasteiger partial charge in [0.1, 0.15) is 0 Å². The molecular weight excluding hydrogens is 382 g/mol. The first-order chi connectivity index (χ1) is 11.9. The fourth-order valence-corrected chi connectivity index (χ4v) is 3.65. The van der Waals surface area contributed by atoms with Crippen LogP contribution in [0.4, 0.5) is 5.69 Å². The van der Waals surface area contributed by atoms with Crippen LogP contribution in [-0.2, 0) is 16.8 Å². The number of aliphatic hydroxyl groups is 1. The molecule has 0 aromatic heterocycles. The van der Waals surface area contributed by atoms with E-state index >= 15 is 0 Å². The molecule has 0 saturated carbocycles. The van der Waals surface area contributed by atoms with Crippen LogP contribution in [0.1, 0.15) is 41.3 Å². The Morgan fingerprint density at radius 2 is 1.88 bits per heavy atom. The molecule has 0 aliphatic carbocycles. The number of halogens is 1. The van der Waals surface area contributed by atoms with Gasteiger partial charge >= 0.3 is 0 Å². The maximum absolute atomic E-state index is 12.7. The molecule has 2 aromatic rings. The van der Waals surface area contributed by atoms with E-state index in [0.29, 0.717) is 16.8 Å². The first-order valence-electron chi connectivity index (χ1n) is 8.29. The van der Waals surface area contributed by atoms with Crippen molar-refractivity contribution in [3.63, 3.8) is 0 Å². The highest BCUT2D eigenvalue weighted by molar-refractivity contribution is 9.10. The van der Waals surface area contributed by atoms with Crippen molar-refractivity contribution in [2.45, 2.75) is 31.8 Å². The van der Waals surface area contributed by atoms with Crippen molar-refractivity contribution >= 4 is 33.3 Å². The molecule has 25 heavy (non-hydrogen) atoms. The smallest absolute Gasteiger partial charge is 0.263 e. The summed E-state index contributed by atoms with van der Waals surface area (Å²) in [5.74, 6) is -0.725. The summed E-state index contributed by atoms with van der Waals surface area (Å²) >= 11 is 3.36. The largest absolute Gasteiger partial charge is 0.375 e. The summed E-state index contributed by atoms with van der Waals surface area (Å²) in [7, 11) is 1.61. The second-order valence-corrected chi connectivity index (χ2v) is 7.35. The number of aryl methyl sites for hydroxylation is 1. The van der Waals surface area contributed by atoms with E-state index < -0.39 is 11.5 Å². The summed E-state index contributed by atoms with van der Waals surface area (Å²) in [6.07, 6.45) is 1.73. The van der Waals surface area contributed by atoms with E-state index in [1.807, 2.05) is 18.2 Å². The molecule has 1 heterocycles. The fourth-order valence-electron chi connectivity index (χ4n) is 3.29. The molecule has 0 bridgehead atoms. The highest BCUT2D eigenvalue weighted by atomic mass is 79.9. The highest BCUT2D eigenvalue weighted by Gasteiger charge is 2.49. The van der Waals surface area contributed by atoms with E-state index in [1.54, 1.807) is 31.3 Å². The van der Waals surface area contributed by atoms with Gasteiger partial charge in [0.2, 0.25) is 0 Å². The Hall–Kier alpha value is -1.98. The van der Waals surface area contributed by atoms with Gasteiger partial charge in [0.25, 0.3) is 5.91 Å². The number of fused-ring (bicyclic) bond motifs is 1. The minimum atomic E-state index is -1.83. The predicted octanol–water partition coefficient (Wildman–Crippen LogP) is 3.84. The predicted molar refractivity (Wildman–Crippen MR) is 101 cm³/mol. The molecule has 4 nitrogen and oxygen atoms in total. The Labute approximate surface area is 155 Å². The van der Waals surface area contributed by atoms with Crippen molar-refractivity contribution < 1.29 is 14.7 Å². The molecule has 1 atom stereocenters. The maximum atomic E-state index is 12.7. The number of likely N-dealkylation sites (N-methyl/N-ethyl adjacent to an activating group) is 1. The van der Waals surface area contributed by atoms with Gasteiger partial charge in [-0.2, -0.15) is 0 Å². The molecule has 5 heteroatoms. The van der Waals surface area contributed by atoms with E-state index in [2.05, 4.69) is 22.9 Å². The number of nitrogens with zero attached hydrogens (tertiary/aromatic N) is 1. The van der Waals surface area contributed by atoms with Crippen LogP contribution >= 0.6 is 15.9 Å². The number of ketones is 1. The number of Topliss-reactive ketones (excluding diaryl/α,β-unsaturated/α-hetero) is 1. The molecule has 0 spiro atoms. The van der Waals surface area contributed by atoms with E-state index in [-0.39, 0.29) is 12.2 Å². The lowest BCUT2D eigenvalue weighted by Crippen LogP contribution is -2.40. The van der Waals surface area contributed by atoms with Gasteiger partial charge in [0, 0.05) is 22.6 Å². The molecule has 1 aliphatic heterocycles. The molecule has 0 radical (unpaired) electrons. The van der Waals surface area contributed by atoms with Crippen LogP contribution in [0.2, 0.25) is 0 Å². The van der Waals surface area contributed by atoms with E-state index in [4.69, 9.17) is 0 Å². The van der Waals surface area contributed by atoms with Crippen molar-refractivity contribution in [1.82, 2.24) is 0 Å². The zero-order valence-corrected chi connectivity index (χ0v) is 15.8. The summed E-state index contributed by atoms with van der Waals surface area (Å²) < 4.78 is 0.754. The van der Waals surface area contributed by atoms with Gasteiger partial charge < -0.3 is 10.0 Å². The minimum absolute atomic E-state index is 0.250. The molecule has 0 unspecified atom stereocenters. The summed E-state index contributed by atoms with van der Waals surface area (Å²) in [6.45, 7) is 2.10. The second-order valence-electron chi connectivity index (χ2n) is 6.43. The zero-order valence-electron chi connectivity index (χ0n) is 14.3. The van der Waals surface area contributed by atoms with E-state index in [9.17, 15) is 14.7 Å². The number of hydrogen-bond acceptors (Lipinski definition) is 3. The Morgan fingerprint density at radius 1 is 1.20 bits per heavy atom. The molecule has 130 valence electrons. The summed E-state index contributed by atoms with van der Waals surface area (Å²) in [5.41, 5.74) is 0.940. The van der Waals surface area contributed by atoms with Gasteiger partial charge in [-0.05, 0) is 30.2 Å². The zero-order chi connectivity index (χ0) is 18.2. The standard InChI is InChI=1S/C20H20BrNO3/c1-3-4-13-5-7-14(8-6-13)18(23)12-20(25)16-11-15(21)9-10-17(16)22(2)19(20)24/h5-11,25H,3-4,12H2,1-2H3/t20-/m1/s1. The van der Waals surface area contributed by atoms with Gasteiger partial charge in [-0.25, -0.2) is 0 Å². The van der Waals surface area contributed by atoms with Gasteiger partial charge in [-0.1, -0.05) is 53.5 Å². The fraction of sp³-hybridized carbons (Fsp3) is 0.300. The Kier molecular flexibility index (Phi) is 4.80. The molecule has 0 saturated heterocycles. The van der Waals surface area contributed by atoms with Crippen LogP contribution in [0.5, 0.6) is 0 Å². The number of anilines is 1. The van der Waals surface area contributed by atoms with Crippen molar-refractivity contribution in [2.75, 3.05) is 11.9 Å². The topological polar surface area (TPSA) is 57.6 Å². The molecule has 3 rings (SSSR count). The first-order valence-corrected chi connectivity index (χ1v) is 9.09. The third-order valence-electron chi connectivity index (χ3n) is 4.65. The molecule has 1 amide bonds. The van der Waals surface area contributed by atoms with E-state index in [1.165, 1.54) is 10.5 Å². The lowest BCUT2D eigenvalue weighted by atomic mass is 9.88. The number of hydrogen-bond donors (Lipinski definition) is 1. The quantitative estimate of drug-likeness (QED) is 0.774. The van der Waals surface area contributed by atoms with Crippen LogP contribution in [0.15, 0.2) is 46.9 Å². The SMILES string of the molecule is CCCc1ccc(C(=O)C[C@]2(O)C(=O)N(C)c3ccc(Br)cc32)cc1. The van der Waals surface area contributed by atoms with Gasteiger partial charge in [-0.3, -0.25) is 9.59 Å². The highest BCUT2D eigenvalue weighted by Crippen LogP contribution is 2.43. The van der Waals surface area contributed by atoms with Crippen LogP contribution in [0, 0.1) is 0 Å². The Bertz CT molecular complexity index is 831. The van der Waals surface area contributed by atoms with Gasteiger partial charge in [0.05, 0.1) is 12.1 Å². The van der Waals surface area contributed by atoms with Crippen LogP contribution < -0.4 is 4.90 Å². The minimum Gasteiger partial charge on any atom is -0.375 e. The van der Waals surface area contributed by atoms with Crippen molar-refractivity contribution in [2.24, 2.45) is 0 Å². The third kappa shape index (κ3) is 3.14. The third-order valence-corrected chi connectivity index (χ3v) is 5.15. The lowest BCUT2D eigenvalue weighted by molar-refractivity contribution is -0.135. The average Bonchev–Trinajstić information content (AvgIpc) is 2.77. The number of benzene rings is 2. The number of rotatable bonds is 5. The molecule has 2 aromatic carbocycles. The summed E-state index contributed by atoms with van der Waals surface area (Å²) in [4.78, 5) is 26.7. The molecular formula is C20H20BrNO3. The monoisotopic (exact) mass is 401 g/mol. The van der Waals surface area contributed by atoms with Crippen molar-refractivity contribution in [3.8, 4) is 0 Å². The number of amides is 1. The Morgan fingerprint density at radius 3 is 2.52 bits per heavy atom. The molecule has 1 aliphatic rings. The first kappa shape index (κ1) is 17.8. The van der Waals surface area contributed by atoms with Gasteiger partial charge in [-0.15, -0.1) is 0 Å². The average molecular weight is 402 g/mol. The van der Waals surface area contributed by atoms with Crippen LogP contribution in [-0.4, -0.2) is 23.8 Å². The molecule has 1 N–H and O–H groups in total. The number of carbonyl (C=O) groups excluding carboxylic acids is 2. The lowest BCUT2D eigenvalue weighted by Gasteiger charge is -2.21. The van der Waals surface area contributed by atoms with Crippen molar-refractivity contribution in [1.29, 1.82) is 0 Å². The normalized spacial score (nSPS) is 19.2. The Balaban J connectivity index is 1.90.